The van der Waals surface area contributed by atoms with Crippen molar-refractivity contribution in [1.82, 2.24) is 15.5 Å². The molecule has 0 amide bonds. The van der Waals surface area contributed by atoms with Gasteiger partial charge in [-0.05, 0) is 81.4 Å². The molecule has 0 radical (unpaired) electrons. The minimum Gasteiger partial charge on any atom is -0.508 e. The maximum absolute atomic E-state index is 9.40. The maximum atomic E-state index is 9.40. The van der Waals surface area contributed by atoms with Gasteiger partial charge in [0.05, 0.1) is 0 Å². The van der Waals surface area contributed by atoms with Crippen LogP contribution in [0.25, 0.3) is 0 Å². The fourth-order valence-corrected chi connectivity index (χ4v) is 4.67. The lowest BCUT2D eigenvalue weighted by atomic mass is 10.0. The zero-order chi connectivity index (χ0) is 26.2. The van der Waals surface area contributed by atoms with Gasteiger partial charge >= 0.3 is 0 Å². The van der Waals surface area contributed by atoms with Crippen molar-refractivity contribution in [1.29, 1.82) is 0 Å². The minimum absolute atomic E-state index is 0.0833. The molecule has 6 nitrogen and oxygen atoms in total. The van der Waals surface area contributed by atoms with Crippen LogP contribution in [0.5, 0.6) is 5.75 Å². The summed E-state index contributed by atoms with van der Waals surface area (Å²) in [6, 6.07) is 19.0. The molecule has 0 aromatic heterocycles. The van der Waals surface area contributed by atoms with Crippen LogP contribution in [-0.4, -0.2) is 67.9 Å². The lowest BCUT2D eigenvalue weighted by Gasteiger charge is -2.31. The third-order valence-corrected chi connectivity index (χ3v) is 6.83. The van der Waals surface area contributed by atoms with Crippen molar-refractivity contribution in [3.05, 3.63) is 65.7 Å². The van der Waals surface area contributed by atoms with Gasteiger partial charge in [0, 0.05) is 37.8 Å². The molecule has 0 aliphatic heterocycles. The second-order valence-corrected chi connectivity index (χ2v) is 10.7. The van der Waals surface area contributed by atoms with Crippen LogP contribution < -0.4 is 22.1 Å². The highest BCUT2D eigenvalue weighted by atomic mass is 16.3. The van der Waals surface area contributed by atoms with Crippen LogP contribution in [0.3, 0.4) is 0 Å². The number of nitrogens with zero attached hydrogens (tertiary/aromatic N) is 1. The predicted molar refractivity (Wildman–Crippen MR) is 153 cm³/mol. The van der Waals surface area contributed by atoms with Crippen molar-refractivity contribution in [3.8, 4) is 5.75 Å². The van der Waals surface area contributed by atoms with Crippen LogP contribution in [0.1, 0.15) is 50.7 Å². The molecule has 0 aliphatic rings. The Kier molecular flexibility index (Phi) is 14.7. The largest absolute Gasteiger partial charge is 0.508 e. The van der Waals surface area contributed by atoms with E-state index in [2.05, 4.69) is 66.8 Å². The molecule has 0 heterocycles. The highest BCUT2D eigenvalue weighted by Gasteiger charge is 2.18. The van der Waals surface area contributed by atoms with Gasteiger partial charge in [-0.15, -0.1) is 0 Å². The SMILES string of the molecule is CC(C)CC(CN)NCC(Cc1ccccc1)N(C)CCCCCNCC(N)Cc1ccc(O)cc1. The van der Waals surface area contributed by atoms with E-state index in [0.29, 0.717) is 30.3 Å². The Balaban J connectivity index is 1.68. The summed E-state index contributed by atoms with van der Waals surface area (Å²) in [6.07, 6.45) is 6.53. The van der Waals surface area contributed by atoms with Crippen molar-refractivity contribution in [2.45, 2.75) is 70.5 Å². The van der Waals surface area contributed by atoms with Crippen molar-refractivity contribution in [2.75, 3.05) is 39.8 Å². The second kappa shape index (κ2) is 17.5. The van der Waals surface area contributed by atoms with Gasteiger partial charge in [0.2, 0.25) is 0 Å². The van der Waals surface area contributed by atoms with Gasteiger partial charge in [-0.2, -0.15) is 0 Å². The molecule has 0 fully saturated rings. The summed E-state index contributed by atoms with van der Waals surface area (Å²) >= 11 is 0. The molecule has 36 heavy (non-hydrogen) atoms. The monoisotopic (exact) mass is 497 g/mol. The van der Waals surface area contributed by atoms with E-state index < -0.39 is 0 Å². The molecule has 0 saturated heterocycles. The molecule has 0 aliphatic carbocycles. The van der Waals surface area contributed by atoms with E-state index >= 15 is 0 Å². The number of hydrogen-bond acceptors (Lipinski definition) is 6. The Labute approximate surface area is 219 Å². The molecule has 202 valence electrons. The van der Waals surface area contributed by atoms with Gasteiger partial charge in [0.15, 0.2) is 0 Å². The van der Waals surface area contributed by atoms with Crippen LogP contribution in [0.2, 0.25) is 0 Å². The highest BCUT2D eigenvalue weighted by Crippen LogP contribution is 2.12. The summed E-state index contributed by atoms with van der Waals surface area (Å²) in [6.45, 7) is 9.06. The summed E-state index contributed by atoms with van der Waals surface area (Å²) in [4.78, 5) is 2.52. The smallest absolute Gasteiger partial charge is 0.115 e. The Bertz CT molecular complexity index is 799. The number of rotatable bonds is 19. The van der Waals surface area contributed by atoms with E-state index in [1.807, 2.05) is 12.1 Å². The predicted octanol–water partition coefficient (Wildman–Crippen LogP) is 3.53. The number of aromatic hydroxyl groups is 1. The number of benzene rings is 2. The number of unbranched alkanes of at least 4 members (excludes halogenated alkanes) is 2. The molecule has 2 aromatic carbocycles. The van der Waals surface area contributed by atoms with Crippen molar-refractivity contribution >= 4 is 0 Å². The molecule has 2 aromatic rings. The Morgan fingerprint density at radius 1 is 0.889 bits per heavy atom. The van der Waals surface area contributed by atoms with Crippen molar-refractivity contribution in [2.24, 2.45) is 17.4 Å². The van der Waals surface area contributed by atoms with Gasteiger partial charge in [-0.1, -0.05) is 62.7 Å². The summed E-state index contributed by atoms with van der Waals surface area (Å²) in [5.41, 5.74) is 14.8. The third kappa shape index (κ3) is 12.8. The van der Waals surface area contributed by atoms with E-state index in [1.165, 1.54) is 18.4 Å². The van der Waals surface area contributed by atoms with Gasteiger partial charge < -0.3 is 32.1 Å². The van der Waals surface area contributed by atoms with Crippen molar-refractivity contribution < 1.29 is 5.11 Å². The summed E-state index contributed by atoms with van der Waals surface area (Å²) in [7, 11) is 2.26. The fourth-order valence-electron chi connectivity index (χ4n) is 4.67. The number of phenolic OH excluding ortho intramolecular Hbond substituents is 1. The minimum atomic E-state index is 0.0833. The second-order valence-electron chi connectivity index (χ2n) is 10.7. The van der Waals surface area contributed by atoms with Gasteiger partial charge in [0.25, 0.3) is 0 Å². The summed E-state index contributed by atoms with van der Waals surface area (Å²) in [5, 5.41) is 16.7. The lowest BCUT2D eigenvalue weighted by Crippen LogP contribution is -2.47. The number of nitrogens with two attached hydrogens (primary N) is 2. The molecule has 2 rings (SSSR count). The average molecular weight is 498 g/mol. The van der Waals surface area contributed by atoms with Crippen molar-refractivity contribution in [3.63, 3.8) is 0 Å². The number of phenols is 1. The maximum Gasteiger partial charge on any atom is 0.115 e. The zero-order valence-corrected chi connectivity index (χ0v) is 22.8. The molecule has 7 N–H and O–H groups in total. The van der Waals surface area contributed by atoms with Gasteiger partial charge in [-0.25, -0.2) is 0 Å². The van der Waals surface area contributed by atoms with Crippen LogP contribution in [0.15, 0.2) is 54.6 Å². The number of hydrogen-bond donors (Lipinski definition) is 5. The van der Waals surface area contributed by atoms with Gasteiger partial charge in [0.1, 0.15) is 5.75 Å². The van der Waals surface area contributed by atoms with Gasteiger partial charge in [-0.3, -0.25) is 0 Å². The first-order valence-corrected chi connectivity index (χ1v) is 13.8. The van der Waals surface area contributed by atoms with Crippen LogP contribution in [0.4, 0.5) is 0 Å². The summed E-state index contributed by atoms with van der Waals surface area (Å²) < 4.78 is 0. The molecule has 6 heteroatoms. The number of nitrogens with one attached hydrogen (secondary N) is 2. The number of likely N-dealkylation sites (N-methyl/N-ethyl adjacent to an activating group) is 1. The standard InChI is InChI=1S/C30H51N5O/c1-24(2)18-28(21-31)34-23-29(20-25-10-6-4-7-11-25)35(3)17-9-5-8-16-33-22-27(32)19-26-12-14-30(36)15-13-26/h4,6-7,10-15,24,27-29,33-34,36H,5,8-9,16-23,31-32H2,1-3H3. The van der Waals surface area contributed by atoms with E-state index in [9.17, 15) is 5.11 Å². The molecule has 3 unspecified atom stereocenters. The lowest BCUT2D eigenvalue weighted by molar-refractivity contribution is 0.220. The normalized spacial score (nSPS) is 14.3. The molecule has 0 bridgehead atoms. The van der Waals surface area contributed by atoms with E-state index in [4.69, 9.17) is 11.5 Å². The first kappa shape index (κ1) is 30.3. The first-order chi connectivity index (χ1) is 17.4. The van der Waals surface area contributed by atoms with Crippen LogP contribution >= 0.6 is 0 Å². The Morgan fingerprint density at radius 3 is 2.25 bits per heavy atom. The quantitative estimate of drug-likeness (QED) is 0.190. The van der Waals surface area contributed by atoms with Crippen LogP contribution in [-0.2, 0) is 12.8 Å². The molecule has 0 saturated carbocycles. The average Bonchev–Trinajstić information content (AvgIpc) is 2.86. The van der Waals surface area contributed by atoms with E-state index in [-0.39, 0.29) is 6.04 Å². The molecule has 0 spiro atoms. The first-order valence-electron chi connectivity index (χ1n) is 13.8. The Hall–Kier alpha value is -1.96. The molecule has 3 atom stereocenters. The topological polar surface area (TPSA) is 99.6 Å². The third-order valence-electron chi connectivity index (χ3n) is 6.83. The summed E-state index contributed by atoms with van der Waals surface area (Å²) in [5.74, 6) is 0.942. The fraction of sp³-hybridized carbons (Fsp3) is 0.600. The van der Waals surface area contributed by atoms with E-state index in [0.717, 1.165) is 57.4 Å². The zero-order valence-electron chi connectivity index (χ0n) is 22.8. The highest BCUT2D eigenvalue weighted by molar-refractivity contribution is 5.26. The molecular formula is C30H51N5O. The van der Waals surface area contributed by atoms with Crippen LogP contribution in [0, 0.1) is 5.92 Å². The molecular weight excluding hydrogens is 446 g/mol. The van der Waals surface area contributed by atoms with E-state index in [1.54, 1.807) is 12.1 Å². The Morgan fingerprint density at radius 2 is 1.58 bits per heavy atom.